The average Bonchev–Trinajstić information content (AvgIpc) is 2.07. The molecular formula is C8H8N4. The Hall–Kier alpha value is -1.84. The standard InChI is InChI=1S/C8H8N4/c9-6-4-5-2-1-3-11-8(5)12-7(6)10/h1-4H,9H2,(H2,10,11,12). The van der Waals surface area contributed by atoms with Gasteiger partial charge >= 0.3 is 0 Å². The van der Waals surface area contributed by atoms with Crippen LogP contribution in [0.15, 0.2) is 24.4 Å². The molecule has 0 aromatic carbocycles. The molecule has 0 bridgehead atoms. The Kier molecular flexibility index (Phi) is 1.33. The van der Waals surface area contributed by atoms with Crippen LogP contribution in [-0.4, -0.2) is 9.97 Å². The van der Waals surface area contributed by atoms with Crippen LogP contribution < -0.4 is 11.5 Å². The summed E-state index contributed by atoms with van der Waals surface area (Å²) in [7, 11) is 0. The van der Waals surface area contributed by atoms with Crippen molar-refractivity contribution >= 4 is 22.5 Å². The van der Waals surface area contributed by atoms with E-state index in [9.17, 15) is 0 Å². The Morgan fingerprint density at radius 2 is 2.08 bits per heavy atom. The van der Waals surface area contributed by atoms with E-state index < -0.39 is 0 Å². The quantitative estimate of drug-likeness (QED) is 0.597. The first kappa shape index (κ1) is 6.84. The van der Waals surface area contributed by atoms with Gasteiger partial charge in [0, 0.05) is 11.6 Å². The number of fused-ring (bicyclic) bond motifs is 1. The third kappa shape index (κ3) is 0.934. The second kappa shape index (κ2) is 2.34. The van der Waals surface area contributed by atoms with Crippen LogP contribution in [0, 0.1) is 0 Å². The average molecular weight is 160 g/mol. The van der Waals surface area contributed by atoms with Crippen molar-refractivity contribution in [3.8, 4) is 0 Å². The molecule has 0 saturated carbocycles. The molecule has 60 valence electrons. The lowest BCUT2D eigenvalue weighted by atomic mass is 10.2. The number of rotatable bonds is 0. The predicted molar refractivity (Wildman–Crippen MR) is 48.4 cm³/mol. The van der Waals surface area contributed by atoms with E-state index in [1.54, 1.807) is 12.3 Å². The number of nitrogen functional groups attached to an aromatic ring is 2. The van der Waals surface area contributed by atoms with E-state index in [0.29, 0.717) is 17.2 Å². The number of pyridine rings is 2. The van der Waals surface area contributed by atoms with Gasteiger partial charge in [0.15, 0.2) is 5.65 Å². The summed E-state index contributed by atoms with van der Waals surface area (Å²) in [6.07, 6.45) is 1.67. The van der Waals surface area contributed by atoms with Gasteiger partial charge in [-0.3, -0.25) is 0 Å². The zero-order valence-electron chi connectivity index (χ0n) is 6.36. The summed E-state index contributed by atoms with van der Waals surface area (Å²) in [5, 5.41) is 0.907. The minimum absolute atomic E-state index is 0.334. The van der Waals surface area contributed by atoms with Gasteiger partial charge in [-0.05, 0) is 18.2 Å². The molecule has 2 aromatic heterocycles. The van der Waals surface area contributed by atoms with Gasteiger partial charge in [0.2, 0.25) is 0 Å². The fraction of sp³-hybridized carbons (Fsp3) is 0. The highest BCUT2D eigenvalue weighted by Crippen LogP contribution is 2.17. The van der Waals surface area contributed by atoms with E-state index in [2.05, 4.69) is 9.97 Å². The Morgan fingerprint density at radius 1 is 1.25 bits per heavy atom. The summed E-state index contributed by atoms with van der Waals surface area (Å²) in [5.74, 6) is 0.334. The summed E-state index contributed by atoms with van der Waals surface area (Å²) < 4.78 is 0. The van der Waals surface area contributed by atoms with Gasteiger partial charge in [-0.25, -0.2) is 9.97 Å². The Balaban J connectivity index is 2.84. The fourth-order valence-corrected chi connectivity index (χ4v) is 1.04. The zero-order valence-corrected chi connectivity index (χ0v) is 6.36. The highest BCUT2D eigenvalue weighted by molar-refractivity contribution is 5.82. The summed E-state index contributed by atoms with van der Waals surface area (Å²) in [4.78, 5) is 8.05. The van der Waals surface area contributed by atoms with Crippen molar-refractivity contribution in [1.82, 2.24) is 9.97 Å². The van der Waals surface area contributed by atoms with Crippen LogP contribution in [0.3, 0.4) is 0 Å². The normalized spacial score (nSPS) is 10.3. The molecule has 0 saturated heterocycles. The van der Waals surface area contributed by atoms with E-state index in [1.807, 2.05) is 12.1 Å². The maximum absolute atomic E-state index is 5.57. The van der Waals surface area contributed by atoms with Crippen molar-refractivity contribution < 1.29 is 0 Å². The van der Waals surface area contributed by atoms with Crippen LogP contribution in [0.1, 0.15) is 0 Å². The Bertz CT molecular complexity index is 384. The number of hydrogen-bond donors (Lipinski definition) is 2. The molecule has 4 heteroatoms. The van der Waals surface area contributed by atoms with Crippen molar-refractivity contribution in [3.05, 3.63) is 24.4 Å². The summed E-state index contributed by atoms with van der Waals surface area (Å²) in [5.41, 5.74) is 12.2. The topological polar surface area (TPSA) is 77.8 Å². The summed E-state index contributed by atoms with van der Waals surface area (Å²) >= 11 is 0. The number of nitrogens with zero attached hydrogens (tertiary/aromatic N) is 2. The highest BCUT2D eigenvalue weighted by atomic mass is 14.9. The minimum Gasteiger partial charge on any atom is -0.396 e. The van der Waals surface area contributed by atoms with Crippen LogP contribution in [0.25, 0.3) is 11.0 Å². The molecule has 0 radical (unpaired) electrons. The number of aromatic nitrogens is 2. The molecule has 4 N–H and O–H groups in total. The molecule has 12 heavy (non-hydrogen) atoms. The van der Waals surface area contributed by atoms with E-state index in [-0.39, 0.29) is 0 Å². The van der Waals surface area contributed by atoms with E-state index in [4.69, 9.17) is 11.5 Å². The summed E-state index contributed by atoms with van der Waals surface area (Å²) in [6, 6.07) is 5.50. The first-order valence-electron chi connectivity index (χ1n) is 3.54. The van der Waals surface area contributed by atoms with Crippen molar-refractivity contribution in [1.29, 1.82) is 0 Å². The Labute approximate surface area is 69.2 Å². The van der Waals surface area contributed by atoms with Gasteiger partial charge in [0.1, 0.15) is 5.82 Å². The van der Waals surface area contributed by atoms with Gasteiger partial charge in [-0.15, -0.1) is 0 Å². The van der Waals surface area contributed by atoms with Crippen molar-refractivity contribution in [3.63, 3.8) is 0 Å². The van der Waals surface area contributed by atoms with E-state index in [0.717, 1.165) is 5.39 Å². The van der Waals surface area contributed by atoms with Crippen LogP contribution >= 0.6 is 0 Å². The van der Waals surface area contributed by atoms with Gasteiger partial charge in [0.25, 0.3) is 0 Å². The highest BCUT2D eigenvalue weighted by Gasteiger charge is 1.99. The SMILES string of the molecule is Nc1cc2cccnc2nc1N. The van der Waals surface area contributed by atoms with Gasteiger partial charge < -0.3 is 11.5 Å². The minimum atomic E-state index is 0.334. The predicted octanol–water partition coefficient (Wildman–Crippen LogP) is 0.794. The second-order valence-electron chi connectivity index (χ2n) is 2.51. The van der Waals surface area contributed by atoms with E-state index in [1.165, 1.54) is 0 Å². The van der Waals surface area contributed by atoms with Gasteiger partial charge in [-0.1, -0.05) is 0 Å². The van der Waals surface area contributed by atoms with Crippen molar-refractivity contribution in [2.45, 2.75) is 0 Å². The Morgan fingerprint density at radius 3 is 2.92 bits per heavy atom. The molecule has 0 fully saturated rings. The monoisotopic (exact) mass is 160 g/mol. The smallest absolute Gasteiger partial charge is 0.161 e. The van der Waals surface area contributed by atoms with Crippen LogP contribution in [0.5, 0.6) is 0 Å². The molecule has 2 rings (SSSR count). The van der Waals surface area contributed by atoms with Crippen LogP contribution in [0.2, 0.25) is 0 Å². The van der Waals surface area contributed by atoms with Crippen molar-refractivity contribution in [2.24, 2.45) is 0 Å². The molecular weight excluding hydrogens is 152 g/mol. The first-order valence-corrected chi connectivity index (χ1v) is 3.54. The largest absolute Gasteiger partial charge is 0.396 e. The fourth-order valence-electron chi connectivity index (χ4n) is 1.04. The molecule has 0 aliphatic rings. The van der Waals surface area contributed by atoms with Gasteiger partial charge in [-0.2, -0.15) is 0 Å². The molecule has 0 amide bonds. The number of hydrogen-bond acceptors (Lipinski definition) is 4. The first-order chi connectivity index (χ1) is 5.77. The lowest BCUT2D eigenvalue weighted by Crippen LogP contribution is -1.98. The number of anilines is 2. The third-order valence-electron chi connectivity index (χ3n) is 1.65. The van der Waals surface area contributed by atoms with Crippen LogP contribution in [-0.2, 0) is 0 Å². The van der Waals surface area contributed by atoms with Gasteiger partial charge in [0.05, 0.1) is 5.69 Å². The molecule has 0 atom stereocenters. The molecule has 0 aliphatic carbocycles. The molecule has 4 nitrogen and oxygen atoms in total. The number of nitrogens with two attached hydrogens (primary N) is 2. The molecule has 2 aromatic rings. The van der Waals surface area contributed by atoms with Crippen molar-refractivity contribution in [2.75, 3.05) is 11.5 Å². The molecule has 0 unspecified atom stereocenters. The second-order valence-corrected chi connectivity index (χ2v) is 2.51. The maximum atomic E-state index is 5.57. The zero-order chi connectivity index (χ0) is 8.55. The lowest BCUT2D eigenvalue weighted by molar-refractivity contribution is 1.29. The summed E-state index contributed by atoms with van der Waals surface area (Å²) in [6.45, 7) is 0. The molecule has 0 aliphatic heterocycles. The lowest BCUT2D eigenvalue weighted by Gasteiger charge is -2.00. The third-order valence-corrected chi connectivity index (χ3v) is 1.65. The molecule has 2 heterocycles. The molecule has 0 spiro atoms. The maximum Gasteiger partial charge on any atom is 0.161 e. The van der Waals surface area contributed by atoms with E-state index >= 15 is 0 Å². The van der Waals surface area contributed by atoms with Crippen LogP contribution in [0.4, 0.5) is 11.5 Å².